The van der Waals surface area contributed by atoms with Gasteiger partial charge in [0.25, 0.3) is 0 Å². The molecule has 3 nitrogen and oxygen atoms in total. The van der Waals surface area contributed by atoms with Crippen molar-refractivity contribution in [1.82, 2.24) is 14.3 Å². The van der Waals surface area contributed by atoms with Crippen LogP contribution < -0.4 is 0 Å². The molecule has 1 aliphatic heterocycles. The van der Waals surface area contributed by atoms with Crippen molar-refractivity contribution >= 4 is 16.3 Å². The van der Waals surface area contributed by atoms with E-state index in [0.29, 0.717) is 0 Å². The largest absolute Gasteiger partial charge is 0.297 e. The van der Waals surface area contributed by atoms with Crippen LogP contribution in [0.2, 0.25) is 0 Å². The lowest BCUT2D eigenvalue weighted by molar-refractivity contribution is 0.222. The minimum absolute atomic E-state index is 0.739. The molecule has 2 aromatic heterocycles. The van der Waals surface area contributed by atoms with Crippen LogP contribution in [0.5, 0.6) is 0 Å². The maximum absolute atomic E-state index is 4.74. The fraction of sp³-hybridized carbons (Fsp3) is 0.615. The lowest BCUT2D eigenvalue weighted by atomic mass is 10.1. The summed E-state index contributed by atoms with van der Waals surface area (Å²) in [6.07, 6.45) is 1.11. The van der Waals surface area contributed by atoms with Crippen molar-refractivity contribution in [3.05, 3.63) is 22.5 Å². The van der Waals surface area contributed by atoms with Gasteiger partial charge in [0, 0.05) is 37.1 Å². The first-order valence-corrected chi connectivity index (χ1v) is 7.19. The fourth-order valence-corrected chi connectivity index (χ4v) is 3.60. The Morgan fingerprint density at radius 3 is 3.06 bits per heavy atom. The number of aromatic nitrogens is 2. The van der Waals surface area contributed by atoms with E-state index in [1.54, 1.807) is 11.3 Å². The molecule has 0 saturated heterocycles. The Kier molecular flexibility index (Phi) is 2.71. The summed E-state index contributed by atoms with van der Waals surface area (Å²) >= 11 is 1.76. The third-order valence-electron chi connectivity index (χ3n) is 3.37. The van der Waals surface area contributed by atoms with Gasteiger partial charge in [0.1, 0.15) is 0 Å². The third-order valence-corrected chi connectivity index (χ3v) is 4.32. The summed E-state index contributed by atoms with van der Waals surface area (Å²) in [4.78, 5) is 8.46. The molecule has 3 heterocycles. The number of hydrogen-bond donors (Lipinski definition) is 0. The second kappa shape index (κ2) is 4.10. The number of fused-ring (bicyclic) bond motifs is 3. The lowest BCUT2D eigenvalue weighted by Gasteiger charge is -2.28. The van der Waals surface area contributed by atoms with E-state index in [-0.39, 0.29) is 0 Å². The van der Waals surface area contributed by atoms with Crippen LogP contribution in [0.1, 0.15) is 30.9 Å². The highest BCUT2D eigenvalue weighted by Gasteiger charge is 2.23. The molecule has 0 saturated carbocycles. The van der Waals surface area contributed by atoms with Crippen LogP contribution in [-0.4, -0.2) is 27.4 Å². The van der Waals surface area contributed by atoms with Crippen LogP contribution in [0.25, 0.3) is 4.96 Å². The van der Waals surface area contributed by atoms with Gasteiger partial charge in [0.05, 0.1) is 11.4 Å². The van der Waals surface area contributed by atoms with Crippen molar-refractivity contribution in [2.45, 2.75) is 33.7 Å². The van der Waals surface area contributed by atoms with E-state index in [1.807, 2.05) is 0 Å². The molecule has 4 heteroatoms. The third kappa shape index (κ3) is 1.89. The summed E-state index contributed by atoms with van der Waals surface area (Å²) in [5.74, 6) is 0.739. The van der Waals surface area contributed by atoms with E-state index in [1.165, 1.54) is 28.6 Å². The number of nitrogens with zero attached hydrogens (tertiary/aromatic N) is 3. The molecule has 0 unspecified atom stereocenters. The predicted octanol–water partition coefficient (Wildman–Crippen LogP) is 2.72. The zero-order valence-corrected chi connectivity index (χ0v) is 11.5. The molecule has 2 aromatic rings. The molecule has 0 atom stereocenters. The highest BCUT2D eigenvalue weighted by Crippen LogP contribution is 2.25. The predicted molar refractivity (Wildman–Crippen MR) is 71.6 cm³/mol. The molecule has 1 aliphatic rings. The Labute approximate surface area is 106 Å². The number of aryl methyl sites for hydroxylation is 1. The Bertz CT molecular complexity index is 538. The van der Waals surface area contributed by atoms with Crippen LogP contribution in [0.3, 0.4) is 0 Å². The molecule has 0 N–H and O–H groups in total. The minimum atomic E-state index is 0.739. The summed E-state index contributed by atoms with van der Waals surface area (Å²) in [5, 5.41) is 2.20. The Balaban J connectivity index is 1.96. The van der Waals surface area contributed by atoms with Gasteiger partial charge < -0.3 is 0 Å². The van der Waals surface area contributed by atoms with Gasteiger partial charge in [0.15, 0.2) is 4.96 Å². The molecule has 0 aromatic carbocycles. The van der Waals surface area contributed by atoms with E-state index in [2.05, 4.69) is 35.5 Å². The van der Waals surface area contributed by atoms with Gasteiger partial charge in [-0.1, -0.05) is 13.8 Å². The van der Waals surface area contributed by atoms with Crippen molar-refractivity contribution in [1.29, 1.82) is 0 Å². The molecule has 0 spiro atoms. The average molecular weight is 249 g/mol. The van der Waals surface area contributed by atoms with Crippen LogP contribution in [0, 0.1) is 12.8 Å². The average Bonchev–Trinajstić information content (AvgIpc) is 2.78. The number of imidazole rings is 1. The number of hydrogen-bond acceptors (Lipinski definition) is 3. The van der Waals surface area contributed by atoms with Crippen LogP contribution in [0.4, 0.5) is 0 Å². The van der Waals surface area contributed by atoms with Crippen LogP contribution >= 0.6 is 11.3 Å². The highest BCUT2D eigenvalue weighted by molar-refractivity contribution is 7.15. The van der Waals surface area contributed by atoms with Crippen molar-refractivity contribution < 1.29 is 0 Å². The van der Waals surface area contributed by atoms with Crippen molar-refractivity contribution in [3.8, 4) is 0 Å². The first-order valence-electron chi connectivity index (χ1n) is 6.32. The summed E-state index contributed by atoms with van der Waals surface area (Å²) in [7, 11) is 0. The van der Waals surface area contributed by atoms with Crippen molar-refractivity contribution in [3.63, 3.8) is 0 Å². The van der Waals surface area contributed by atoms with Crippen molar-refractivity contribution in [2.75, 3.05) is 13.1 Å². The zero-order valence-electron chi connectivity index (χ0n) is 10.7. The summed E-state index contributed by atoms with van der Waals surface area (Å²) in [6.45, 7) is 10.2. The van der Waals surface area contributed by atoms with Gasteiger partial charge in [-0.2, -0.15) is 0 Å². The highest BCUT2D eigenvalue weighted by atomic mass is 32.1. The van der Waals surface area contributed by atoms with Gasteiger partial charge in [-0.3, -0.25) is 9.30 Å². The second-order valence-corrected chi connectivity index (χ2v) is 6.22. The van der Waals surface area contributed by atoms with Gasteiger partial charge in [0.2, 0.25) is 0 Å². The molecule has 92 valence electrons. The first-order chi connectivity index (χ1) is 8.15. The van der Waals surface area contributed by atoms with E-state index in [0.717, 1.165) is 25.4 Å². The second-order valence-electron chi connectivity index (χ2n) is 5.38. The molecular formula is C13H19N3S. The van der Waals surface area contributed by atoms with Crippen LogP contribution in [-0.2, 0) is 13.0 Å². The van der Waals surface area contributed by atoms with E-state index in [4.69, 9.17) is 4.98 Å². The normalized spacial score (nSPS) is 16.9. The van der Waals surface area contributed by atoms with Crippen molar-refractivity contribution in [2.24, 2.45) is 5.92 Å². The Morgan fingerprint density at radius 1 is 1.47 bits per heavy atom. The van der Waals surface area contributed by atoms with E-state index >= 15 is 0 Å². The standard InChI is InChI=1S/C13H19N3S/c1-9(2)6-15-5-4-11-12(7-15)16-10(3)8-17-13(16)14-11/h8-9H,4-7H2,1-3H3. The van der Waals surface area contributed by atoms with Crippen LogP contribution in [0.15, 0.2) is 5.38 Å². The smallest absolute Gasteiger partial charge is 0.194 e. The quantitative estimate of drug-likeness (QED) is 0.816. The van der Waals surface area contributed by atoms with Gasteiger partial charge in [-0.25, -0.2) is 4.98 Å². The molecule has 0 aliphatic carbocycles. The molecule has 0 radical (unpaired) electrons. The molecule has 0 bridgehead atoms. The summed E-state index contributed by atoms with van der Waals surface area (Å²) < 4.78 is 2.34. The maximum atomic E-state index is 4.74. The van der Waals surface area contributed by atoms with E-state index in [9.17, 15) is 0 Å². The summed E-state index contributed by atoms with van der Waals surface area (Å²) in [6, 6.07) is 0. The Morgan fingerprint density at radius 2 is 2.29 bits per heavy atom. The SMILES string of the molecule is Cc1csc2nc3c(n12)CN(CC(C)C)CC3. The maximum Gasteiger partial charge on any atom is 0.194 e. The topological polar surface area (TPSA) is 20.5 Å². The number of rotatable bonds is 2. The number of thiazole rings is 1. The zero-order chi connectivity index (χ0) is 12.0. The monoisotopic (exact) mass is 249 g/mol. The fourth-order valence-electron chi connectivity index (χ4n) is 2.70. The molecule has 0 fully saturated rings. The van der Waals surface area contributed by atoms with E-state index < -0.39 is 0 Å². The summed E-state index contributed by atoms with van der Waals surface area (Å²) in [5.41, 5.74) is 4.07. The first kappa shape index (κ1) is 11.2. The van der Waals surface area contributed by atoms with Gasteiger partial charge in [-0.15, -0.1) is 11.3 Å². The molecule has 0 amide bonds. The molecule has 17 heavy (non-hydrogen) atoms. The molecule has 3 rings (SSSR count). The Hall–Kier alpha value is -0.870. The van der Waals surface area contributed by atoms with Gasteiger partial charge >= 0.3 is 0 Å². The molecular weight excluding hydrogens is 230 g/mol. The lowest BCUT2D eigenvalue weighted by Crippen LogP contribution is -2.33. The van der Waals surface area contributed by atoms with Gasteiger partial charge in [-0.05, 0) is 12.8 Å². The minimum Gasteiger partial charge on any atom is -0.297 e.